The molecule has 19 heavy (non-hydrogen) atoms. The number of aryl methyl sites for hydroxylation is 1. The fourth-order valence-corrected chi connectivity index (χ4v) is 2.08. The lowest BCUT2D eigenvalue weighted by Gasteiger charge is -2.03. The Hall–Kier alpha value is -2.01. The number of hydrazone groups is 1. The summed E-state index contributed by atoms with van der Waals surface area (Å²) in [5, 5.41) is 5.34. The number of para-hydroxylation sites is 1. The van der Waals surface area contributed by atoms with E-state index in [1.807, 2.05) is 18.2 Å². The molecule has 1 heterocycles. The van der Waals surface area contributed by atoms with E-state index >= 15 is 0 Å². The van der Waals surface area contributed by atoms with Crippen LogP contribution in [-0.2, 0) is 6.54 Å². The van der Waals surface area contributed by atoms with Gasteiger partial charge in [-0.25, -0.2) is 0 Å². The molecule has 2 rings (SSSR count). The van der Waals surface area contributed by atoms with Gasteiger partial charge in [-0.1, -0.05) is 19.1 Å². The smallest absolute Gasteiger partial charge is 0.213 e. The topological polar surface area (TPSA) is 54.3 Å². The highest BCUT2D eigenvalue weighted by molar-refractivity contribution is 7.80. The number of hydrogen-bond donors (Lipinski definition) is 2. The molecular weight excluding hydrogens is 256 g/mol. The zero-order valence-electron chi connectivity index (χ0n) is 10.8. The van der Waals surface area contributed by atoms with Crippen LogP contribution in [0, 0.1) is 0 Å². The molecule has 0 unspecified atom stereocenters. The summed E-state index contributed by atoms with van der Waals surface area (Å²) in [7, 11) is 0. The Morgan fingerprint density at radius 1 is 1.42 bits per heavy atom. The molecule has 0 saturated heterocycles. The number of nitrogens with zero attached hydrogens (tertiary/aromatic N) is 2. The van der Waals surface area contributed by atoms with Crippen molar-refractivity contribution >= 4 is 34.4 Å². The van der Waals surface area contributed by atoms with Crippen molar-refractivity contribution in [2.75, 3.05) is 0 Å². The number of hydrogen-bond acceptors (Lipinski definition) is 2. The summed E-state index contributed by atoms with van der Waals surface area (Å²) in [6, 6.07) is 10.3. The van der Waals surface area contributed by atoms with Crippen LogP contribution in [0.3, 0.4) is 0 Å². The third kappa shape index (κ3) is 3.26. The number of aromatic nitrogens is 1. The van der Waals surface area contributed by atoms with Crippen molar-refractivity contribution in [3.63, 3.8) is 0 Å². The van der Waals surface area contributed by atoms with Crippen molar-refractivity contribution in [3.8, 4) is 0 Å². The van der Waals surface area contributed by atoms with E-state index in [4.69, 9.17) is 18.0 Å². The minimum atomic E-state index is 0.164. The van der Waals surface area contributed by atoms with Crippen LogP contribution in [-0.4, -0.2) is 11.3 Å². The fraction of sp³-hybridized carbons (Fsp3) is 0.214. The molecular formula is C14H17N4S+. The van der Waals surface area contributed by atoms with Gasteiger partial charge < -0.3 is 5.73 Å². The van der Waals surface area contributed by atoms with Gasteiger partial charge in [-0.3, -0.25) is 5.43 Å². The van der Waals surface area contributed by atoms with E-state index < -0.39 is 0 Å². The fourth-order valence-electron chi connectivity index (χ4n) is 2.02. The number of thiocarbonyl (C=S) groups is 1. The number of rotatable bonds is 4. The van der Waals surface area contributed by atoms with E-state index in [1.54, 1.807) is 6.21 Å². The molecule has 0 fully saturated rings. The number of fused-ring (bicyclic) bond motifs is 1. The van der Waals surface area contributed by atoms with Gasteiger partial charge in [-0.2, -0.15) is 9.67 Å². The summed E-state index contributed by atoms with van der Waals surface area (Å²) >= 11 is 4.71. The van der Waals surface area contributed by atoms with Crippen molar-refractivity contribution in [1.82, 2.24) is 5.43 Å². The molecule has 4 nitrogen and oxygen atoms in total. The molecule has 1 aromatic heterocycles. The quantitative estimate of drug-likeness (QED) is 0.386. The lowest BCUT2D eigenvalue weighted by atomic mass is 10.1. The van der Waals surface area contributed by atoms with Gasteiger partial charge in [0.25, 0.3) is 0 Å². The Balaban J connectivity index is 2.43. The predicted octanol–water partition coefficient (Wildman–Crippen LogP) is 1.70. The Morgan fingerprint density at radius 3 is 2.95 bits per heavy atom. The molecule has 0 radical (unpaired) electrons. The monoisotopic (exact) mass is 273 g/mol. The van der Waals surface area contributed by atoms with Gasteiger partial charge in [-0.05, 0) is 18.3 Å². The molecule has 0 atom stereocenters. The summed E-state index contributed by atoms with van der Waals surface area (Å²) in [5.74, 6) is 0. The van der Waals surface area contributed by atoms with Gasteiger partial charge in [0.15, 0.2) is 11.3 Å². The highest BCUT2D eigenvalue weighted by Crippen LogP contribution is 2.13. The summed E-state index contributed by atoms with van der Waals surface area (Å²) in [5.41, 5.74) is 10.1. The van der Waals surface area contributed by atoms with E-state index in [1.165, 1.54) is 5.52 Å². The third-order valence-electron chi connectivity index (χ3n) is 2.80. The molecule has 0 saturated carbocycles. The standard InChI is InChI=1S/C14H16N4S/c1-2-8-18-9-7-11(10-16-17-14(15)19)12-5-3-4-6-13(12)18/h3-7,9-10H,2,8H2,1H3,(H2,15,19)/p+1. The summed E-state index contributed by atoms with van der Waals surface area (Å²) in [4.78, 5) is 0. The Labute approximate surface area is 117 Å². The van der Waals surface area contributed by atoms with Crippen molar-refractivity contribution in [2.45, 2.75) is 19.9 Å². The first kappa shape index (κ1) is 13.4. The van der Waals surface area contributed by atoms with E-state index in [0.29, 0.717) is 0 Å². The number of nitrogens with two attached hydrogens (primary N) is 1. The maximum atomic E-state index is 5.34. The van der Waals surface area contributed by atoms with Crippen LogP contribution in [0.5, 0.6) is 0 Å². The minimum Gasteiger partial charge on any atom is -0.375 e. The second kappa shape index (κ2) is 6.24. The van der Waals surface area contributed by atoms with Crippen LogP contribution in [0.1, 0.15) is 18.9 Å². The highest BCUT2D eigenvalue weighted by atomic mass is 32.1. The summed E-state index contributed by atoms with van der Waals surface area (Å²) in [6.45, 7) is 3.17. The maximum Gasteiger partial charge on any atom is 0.213 e. The summed E-state index contributed by atoms with van der Waals surface area (Å²) < 4.78 is 2.24. The van der Waals surface area contributed by atoms with Crippen molar-refractivity contribution < 1.29 is 4.57 Å². The first-order valence-electron chi connectivity index (χ1n) is 6.22. The van der Waals surface area contributed by atoms with E-state index in [0.717, 1.165) is 23.9 Å². The predicted molar refractivity (Wildman–Crippen MR) is 81.9 cm³/mol. The molecule has 0 amide bonds. The lowest BCUT2D eigenvalue weighted by molar-refractivity contribution is -0.671. The van der Waals surface area contributed by atoms with E-state index in [2.05, 4.69) is 40.3 Å². The van der Waals surface area contributed by atoms with Gasteiger partial charge >= 0.3 is 0 Å². The molecule has 5 heteroatoms. The molecule has 0 aliphatic carbocycles. The Bertz CT molecular complexity index is 622. The van der Waals surface area contributed by atoms with Crippen LogP contribution >= 0.6 is 12.2 Å². The van der Waals surface area contributed by atoms with Crippen LogP contribution in [0.4, 0.5) is 0 Å². The number of benzene rings is 1. The van der Waals surface area contributed by atoms with E-state index in [-0.39, 0.29) is 5.11 Å². The molecule has 0 spiro atoms. The minimum absolute atomic E-state index is 0.164. The van der Waals surface area contributed by atoms with Crippen LogP contribution in [0.15, 0.2) is 41.6 Å². The van der Waals surface area contributed by atoms with Gasteiger partial charge in [0.1, 0.15) is 6.54 Å². The molecule has 98 valence electrons. The second-order valence-electron chi connectivity index (χ2n) is 4.22. The molecule has 0 bridgehead atoms. The van der Waals surface area contributed by atoms with Crippen molar-refractivity contribution in [2.24, 2.45) is 10.8 Å². The van der Waals surface area contributed by atoms with Gasteiger partial charge in [0.2, 0.25) is 5.52 Å². The van der Waals surface area contributed by atoms with Crippen LogP contribution < -0.4 is 15.7 Å². The van der Waals surface area contributed by atoms with Gasteiger partial charge in [0.05, 0.1) is 11.6 Å². The summed E-state index contributed by atoms with van der Waals surface area (Å²) in [6.07, 6.45) is 4.91. The SMILES string of the molecule is CCC[n+]1ccc(/C=N/NC(N)=S)c2ccccc21. The van der Waals surface area contributed by atoms with Crippen LogP contribution in [0.2, 0.25) is 0 Å². The van der Waals surface area contributed by atoms with Gasteiger partial charge in [-0.15, -0.1) is 0 Å². The first-order valence-corrected chi connectivity index (χ1v) is 6.63. The zero-order valence-corrected chi connectivity index (χ0v) is 11.7. The first-order chi connectivity index (χ1) is 9.22. The highest BCUT2D eigenvalue weighted by Gasteiger charge is 2.09. The Morgan fingerprint density at radius 2 is 2.21 bits per heavy atom. The van der Waals surface area contributed by atoms with Crippen LogP contribution in [0.25, 0.3) is 10.9 Å². The largest absolute Gasteiger partial charge is 0.375 e. The van der Waals surface area contributed by atoms with E-state index in [9.17, 15) is 0 Å². The van der Waals surface area contributed by atoms with Crippen molar-refractivity contribution in [1.29, 1.82) is 0 Å². The maximum absolute atomic E-state index is 5.34. The normalized spacial score (nSPS) is 11.0. The molecule has 0 aliphatic heterocycles. The molecule has 2 aromatic rings. The molecule has 3 N–H and O–H groups in total. The third-order valence-corrected chi connectivity index (χ3v) is 2.89. The molecule has 1 aromatic carbocycles. The zero-order chi connectivity index (χ0) is 13.7. The van der Waals surface area contributed by atoms with Crippen molar-refractivity contribution in [3.05, 3.63) is 42.1 Å². The average Bonchev–Trinajstić information content (AvgIpc) is 2.41. The lowest BCUT2D eigenvalue weighted by Crippen LogP contribution is -2.34. The molecule has 0 aliphatic rings. The Kier molecular flexibility index (Phi) is 4.41. The number of nitrogens with one attached hydrogen (secondary N) is 1. The second-order valence-corrected chi connectivity index (χ2v) is 4.66. The average molecular weight is 273 g/mol. The number of pyridine rings is 1. The van der Waals surface area contributed by atoms with Gasteiger partial charge in [0, 0.05) is 24.1 Å².